The number of carboxylic acid groups (broad SMARTS) is 1. The number of ether oxygens (including phenoxy) is 2. The number of thioether (sulfide) groups is 1. The SMILES string of the molecule is COc1ccc(CCNC(=O)CSc2nc3sc(C(=O)[O-])c(C)c3c(=O)[nH]2)cc1OC. The van der Waals surface area contributed by atoms with Crippen LogP contribution in [0, 0.1) is 6.92 Å². The number of fused-ring (bicyclic) bond motifs is 1. The quantitative estimate of drug-likeness (QED) is 0.357. The molecule has 0 aliphatic rings. The third-order valence-electron chi connectivity index (χ3n) is 4.49. The Kier molecular flexibility index (Phi) is 7.18. The molecule has 1 amide bonds. The maximum absolute atomic E-state index is 12.3. The molecular formula is C20H20N3O6S2-. The summed E-state index contributed by atoms with van der Waals surface area (Å²) in [6.45, 7) is 1.97. The fourth-order valence-corrected chi connectivity index (χ4v) is 4.72. The van der Waals surface area contributed by atoms with Gasteiger partial charge in [-0.3, -0.25) is 9.59 Å². The number of carboxylic acids is 1. The highest BCUT2D eigenvalue weighted by molar-refractivity contribution is 7.99. The van der Waals surface area contributed by atoms with Crippen molar-refractivity contribution in [2.24, 2.45) is 0 Å². The number of methoxy groups -OCH3 is 2. The molecular weight excluding hydrogens is 442 g/mol. The van der Waals surface area contributed by atoms with Crippen molar-refractivity contribution >= 4 is 45.2 Å². The van der Waals surface area contributed by atoms with Crippen LogP contribution in [-0.2, 0) is 11.2 Å². The van der Waals surface area contributed by atoms with Gasteiger partial charge in [0.1, 0.15) is 4.83 Å². The molecule has 31 heavy (non-hydrogen) atoms. The van der Waals surface area contributed by atoms with Gasteiger partial charge in [0.15, 0.2) is 16.7 Å². The summed E-state index contributed by atoms with van der Waals surface area (Å²) >= 11 is 1.95. The summed E-state index contributed by atoms with van der Waals surface area (Å²) in [5.74, 6) is -0.248. The number of aromatic amines is 1. The van der Waals surface area contributed by atoms with Gasteiger partial charge in [0.25, 0.3) is 5.56 Å². The largest absolute Gasteiger partial charge is 0.544 e. The first-order chi connectivity index (χ1) is 14.8. The smallest absolute Gasteiger partial charge is 0.260 e. The highest BCUT2D eigenvalue weighted by Crippen LogP contribution is 2.28. The van der Waals surface area contributed by atoms with E-state index in [2.05, 4.69) is 15.3 Å². The summed E-state index contributed by atoms with van der Waals surface area (Å²) in [7, 11) is 3.13. The second-order valence-electron chi connectivity index (χ2n) is 6.47. The number of aryl methyl sites for hydroxylation is 1. The van der Waals surface area contributed by atoms with Gasteiger partial charge in [0.05, 0.1) is 36.2 Å². The number of thiophene rings is 1. The van der Waals surface area contributed by atoms with Gasteiger partial charge in [-0.05, 0) is 36.6 Å². The van der Waals surface area contributed by atoms with Crippen LogP contribution >= 0.6 is 23.1 Å². The fourth-order valence-electron chi connectivity index (χ4n) is 2.95. The Bertz CT molecular complexity index is 1190. The van der Waals surface area contributed by atoms with Crippen molar-refractivity contribution < 1.29 is 24.2 Å². The third kappa shape index (κ3) is 5.17. The fraction of sp³-hybridized carbons (Fsp3) is 0.300. The number of hydrogen-bond acceptors (Lipinski definition) is 9. The highest BCUT2D eigenvalue weighted by atomic mass is 32.2. The molecule has 0 fully saturated rings. The van der Waals surface area contributed by atoms with Gasteiger partial charge < -0.3 is 29.7 Å². The molecule has 0 spiro atoms. The summed E-state index contributed by atoms with van der Waals surface area (Å²) in [5, 5.41) is 14.5. The Labute approximate surface area is 185 Å². The molecule has 164 valence electrons. The molecule has 0 saturated heterocycles. The van der Waals surface area contributed by atoms with Gasteiger partial charge in [0, 0.05) is 6.54 Å². The Hall–Kier alpha value is -3.05. The van der Waals surface area contributed by atoms with E-state index in [9.17, 15) is 19.5 Å². The minimum atomic E-state index is -1.34. The maximum Gasteiger partial charge on any atom is 0.260 e. The second kappa shape index (κ2) is 9.84. The number of aromatic nitrogens is 2. The lowest BCUT2D eigenvalue weighted by molar-refractivity contribution is -0.254. The zero-order valence-electron chi connectivity index (χ0n) is 17.1. The average Bonchev–Trinajstić information content (AvgIpc) is 3.09. The Morgan fingerprint density at radius 2 is 2.00 bits per heavy atom. The molecule has 2 N–H and O–H groups in total. The molecule has 3 rings (SSSR count). The minimum absolute atomic E-state index is 0.0249. The Morgan fingerprint density at radius 1 is 1.26 bits per heavy atom. The van der Waals surface area contributed by atoms with Crippen LogP contribution in [0.3, 0.4) is 0 Å². The van der Waals surface area contributed by atoms with Gasteiger partial charge in [-0.15, -0.1) is 11.3 Å². The second-order valence-corrected chi connectivity index (χ2v) is 8.44. The van der Waals surface area contributed by atoms with Gasteiger partial charge in [0.2, 0.25) is 5.91 Å². The van der Waals surface area contributed by atoms with Gasteiger partial charge in [-0.1, -0.05) is 17.8 Å². The zero-order chi connectivity index (χ0) is 22.5. The first-order valence-electron chi connectivity index (χ1n) is 9.19. The summed E-state index contributed by atoms with van der Waals surface area (Å²) in [6.07, 6.45) is 0.609. The number of H-pyrrole nitrogens is 1. The predicted molar refractivity (Wildman–Crippen MR) is 116 cm³/mol. The van der Waals surface area contributed by atoms with Gasteiger partial charge in [-0.2, -0.15) is 0 Å². The summed E-state index contributed by atoms with van der Waals surface area (Å²) in [4.78, 5) is 42.7. The average molecular weight is 463 g/mol. The van der Waals surface area contributed by atoms with E-state index in [-0.39, 0.29) is 27.1 Å². The monoisotopic (exact) mass is 462 g/mol. The van der Waals surface area contributed by atoms with E-state index in [1.54, 1.807) is 21.1 Å². The number of hydrogen-bond donors (Lipinski definition) is 2. The molecule has 3 aromatic rings. The van der Waals surface area contributed by atoms with E-state index in [0.717, 1.165) is 28.7 Å². The van der Waals surface area contributed by atoms with E-state index in [4.69, 9.17) is 9.47 Å². The van der Waals surface area contributed by atoms with Crippen LogP contribution in [0.25, 0.3) is 10.2 Å². The molecule has 1 aromatic carbocycles. The number of amides is 1. The Balaban J connectivity index is 1.57. The number of benzene rings is 1. The van der Waals surface area contributed by atoms with Crippen molar-refractivity contribution in [3.05, 3.63) is 44.6 Å². The molecule has 9 nitrogen and oxygen atoms in total. The van der Waals surface area contributed by atoms with Crippen molar-refractivity contribution in [3.63, 3.8) is 0 Å². The normalized spacial score (nSPS) is 10.8. The summed E-state index contributed by atoms with van der Waals surface area (Å²) < 4.78 is 10.5. The lowest BCUT2D eigenvalue weighted by atomic mass is 10.1. The molecule has 11 heteroatoms. The molecule has 2 aromatic heterocycles. The summed E-state index contributed by atoms with van der Waals surface area (Å²) in [5.41, 5.74) is 0.875. The number of aromatic carboxylic acids is 1. The summed E-state index contributed by atoms with van der Waals surface area (Å²) in [6, 6.07) is 5.56. The van der Waals surface area contributed by atoms with E-state index in [1.165, 1.54) is 0 Å². The van der Waals surface area contributed by atoms with Crippen LogP contribution < -0.4 is 25.5 Å². The zero-order valence-corrected chi connectivity index (χ0v) is 18.7. The number of carbonyl (C=O) groups excluding carboxylic acids is 2. The molecule has 0 unspecified atom stereocenters. The van der Waals surface area contributed by atoms with Crippen LogP contribution in [0.4, 0.5) is 0 Å². The maximum atomic E-state index is 12.3. The first-order valence-corrected chi connectivity index (χ1v) is 11.0. The molecule has 0 aliphatic carbocycles. The number of nitrogens with zero attached hydrogens (tertiary/aromatic N) is 1. The lowest BCUT2D eigenvalue weighted by Gasteiger charge is -2.10. The van der Waals surface area contributed by atoms with Crippen LogP contribution in [0.5, 0.6) is 11.5 Å². The topological polar surface area (TPSA) is 133 Å². The van der Waals surface area contributed by atoms with Gasteiger partial charge >= 0.3 is 0 Å². The molecule has 2 heterocycles. The van der Waals surface area contributed by atoms with E-state index >= 15 is 0 Å². The standard InChI is InChI=1S/C20H21N3O6S2/c1-10-15-17(25)22-20(23-18(15)31-16(10)19(26)27)30-9-14(24)21-7-6-11-4-5-12(28-2)13(8-11)29-3/h4-5,8H,6-7,9H2,1-3H3,(H,21,24)(H,26,27)(H,22,23,25)/p-1. The van der Waals surface area contributed by atoms with E-state index in [0.29, 0.717) is 34.9 Å². The van der Waals surface area contributed by atoms with Crippen molar-refractivity contribution in [2.45, 2.75) is 18.5 Å². The third-order valence-corrected chi connectivity index (χ3v) is 6.53. The van der Waals surface area contributed by atoms with Crippen LogP contribution in [0.15, 0.2) is 28.2 Å². The number of carbonyl (C=O) groups is 2. The lowest BCUT2D eigenvalue weighted by Crippen LogP contribution is -2.27. The van der Waals surface area contributed by atoms with Crippen LogP contribution in [0.2, 0.25) is 0 Å². The van der Waals surface area contributed by atoms with E-state index in [1.807, 2.05) is 18.2 Å². The van der Waals surface area contributed by atoms with E-state index < -0.39 is 11.5 Å². The number of nitrogens with one attached hydrogen (secondary N) is 2. The molecule has 0 atom stereocenters. The van der Waals surface area contributed by atoms with Crippen molar-refractivity contribution in [2.75, 3.05) is 26.5 Å². The van der Waals surface area contributed by atoms with Gasteiger partial charge in [-0.25, -0.2) is 4.98 Å². The van der Waals surface area contributed by atoms with Crippen LogP contribution in [-0.4, -0.2) is 48.4 Å². The molecule has 0 radical (unpaired) electrons. The predicted octanol–water partition coefficient (Wildman–Crippen LogP) is 1.12. The van der Waals surface area contributed by atoms with Crippen molar-refractivity contribution in [1.29, 1.82) is 0 Å². The molecule has 0 saturated carbocycles. The number of rotatable bonds is 9. The van der Waals surface area contributed by atoms with Crippen LogP contribution in [0.1, 0.15) is 20.8 Å². The highest BCUT2D eigenvalue weighted by Gasteiger charge is 2.15. The molecule has 0 bridgehead atoms. The molecule has 0 aliphatic heterocycles. The van der Waals surface area contributed by atoms with Crippen molar-refractivity contribution in [1.82, 2.24) is 15.3 Å². The first kappa shape index (κ1) is 22.6. The minimum Gasteiger partial charge on any atom is -0.544 e. The Morgan fingerprint density at radius 3 is 2.68 bits per heavy atom. The van der Waals surface area contributed by atoms with Crippen molar-refractivity contribution in [3.8, 4) is 11.5 Å².